The topological polar surface area (TPSA) is 40.9 Å². The van der Waals surface area contributed by atoms with Crippen LogP contribution < -0.4 is 0 Å². The van der Waals surface area contributed by atoms with Gasteiger partial charge in [0.05, 0.1) is 6.07 Å². The van der Waals surface area contributed by atoms with Gasteiger partial charge >= 0.3 is 0 Å². The summed E-state index contributed by atoms with van der Waals surface area (Å²) in [4.78, 5) is 12.2. The second-order valence-electron chi connectivity index (χ2n) is 5.27. The number of nitrogens with zero attached hydrogens (tertiary/aromatic N) is 1. The van der Waals surface area contributed by atoms with Crippen molar-refractivity contribution in [3.05, 3.63) is 34.3 Å². The first kappa shape index (κ1) is 14.3. The van der Waals surface area contributed by atoms with Crippen LogP contribution in [-0.4, -0.2) is 5.78 Å². The van der Waals surface area contributed by atoms with Gasteiger partial charge in [0.2, 0.25) is 0 Å². The minimum Gasteiger partial charge on any atom is -0.298 e. The molecule has 0 saturated heterocycles. The van der Waals surface area contributed by atoms with Gasteiger partial charge in [-0.05, 0) is 30.0 Å². The lowest BCUT2D eigenvalue weighted by Crippen LogP contribution is -2.12. The van der Waals surface area contributed by atoms with Crippen molar-refractivity contribution in [2.45, 2.75) is 44.4 Å². The first-order chi connectivity index (χ1) is 9.20. The summed E-state index contributed by atoms with van der Waals surface area (Å²) in [5.41, 5.74) is 0.808. The van der Waals surface area contributed by atoms with E-state index in [4.69, 9.17) is 0 Å². The Bertz CT molecular complexity index is 469. The molecule has 19 heavy (non-hydrogen) atoms. The molecule has 1 aliphatic rings. The first-order valence-electron chi connectivity index (χ1n) is 6.88. The Morgan fingerprint density at radius 3 is 2.53 bits per heavy atom. The van der Waals surface area contributed by atoms with Gasteiger partial charge in [-0.2, -0.15) is 5.26 Å². The van der Waals surface area contributed by atoms with Crippen molar-refractivity contribution in [2.75, 3.05) is 0 Å². The summed E-state index contributed by atoms with van der Waals surface area (Å²) >= 11 is 3.36. The predicted octanol–water partition coefficient (Wildman–Crippen LogP) is 4.60. The molecule has 0 N–H and O–H groups in total. The summed E-state index contributed by atoms with van der Waals surface area (Å²) in [6.07, 6.45) is 6.60. The highest BCUT2D eigenvalue weighted by Crippen LogP contribution is 2.30. The molecular weight excluding hydrogens is 302 g/mol. The van der Waals surface area contributed by atoms with Crippen molar-refractivity contribution in [1.29, 1.82) is 5.26 Å². The molecule has 0 amide bonds. The zero-order chi connectivity index (χ0) is 13.7. The summed E-state index contributed by atoms with van der Waals surface area (Å²) < 4.78 is 0.964. The van der Waals surface area contributed by atoms with E-state index in [9.17, 15) is 10.1 Å². The maximum atomic E-state index is 12.2. The van der Waals surface area contributed by atoms with Crippen molar-refractivity contribution in [1.82, 2.24) is 0 Å². The highest BCUT2D eigenvalue weighted by molar-refractivity contribution is 9.10. The smallest absolute Gasteiger partial charge is 0.154 e. The SMILES string of the molecule is N#CC(C(=O)CCC1CCCC1)c1ccc(Br)cc1. The zero-order valence-corrected chi connectivity index (χ0v) is 12.5. The van der Waals surface area contributed by atoms with Gasteiger partial charge < -0.3 is 0 Å². The van der Waals surface area contributed by atoms with Crippen LogP contribution in [0.4, 0.5) is 0 Å². The molecule has 0 spiro atoms. The van der Waals surface area contributed by atoms with E-state index in [2.05, 4.69) is 22.0 Å². The van der Waals surface area contributed by atoms with Gasteiger partial charge in [-0.1, -0.05) is 53.7 Å². The normalized spacial score (nSPS) is 17.1. The quantitative estimate of drug-likeness (QED) is 0.796. The van der Waals surface area contributed by atoms with Gasteiger partial charge in [-0.15, -0.1) is 0 Å². The molecule has 100 valence electrons. The largest absolute Gasteiger partial charge is 0.298 e. The van der Waals surface area contributed by atoms with E-state index in [0.29, 0.717) is 12.3 Å². The molecule has 2 nitrogen and oxygen atoms in total. The Morgan fingerprint density at radius 2 is 1.95 bits per heavy atom. The van der Waals surface area contributed by atoms with Gasteiger partial charge in [0.1, 0.15) is 5.92 Å². The Hall–Kier alpha value is -1.14. The molecule has 3 heteroatoms. The van der Waals surface area contributed by atoms with Crippen LogP contribution in [0.2, 0.25) is 0 Å². The molecule has 1 aliphatic carbocycles. The predicted molar refractivity (Wildman–Crippen MR) is 78.7 cm³/mol. The third-order valence-electron chi connectivity index (χ3n) is 3.93. The number of Topliss-reactive ketones (excluding diaryl/α,β-unsaturated/α-hetero) is 1. The fourth-order valence-electron chi connectivity index (χ4n) is 2.78. The van der Waals surface area contributed by atoms with Gasteiger partial charge in [0.15, 0.2) is 5.78 Å². The second-order valence-corrected chi connectivity index (χ2v) is 6.18. The maximum Gasteiger partial charge on any atom is 0.154 e. The molecule has 0 aliphatic heterocycles. The molecule has 2 rings (SSSR count). The van der Waals surface area contributed by atoms with E-state index in [0.717, 1.165) is 16.5 Å². The van der Waals surface area contributed by atoms with Crippen molar-refractivity contribution >= 4 is 21.7 Å². The zero-order valence-electron chi connectivity index (χ0n) is 10.9. The molecule has 0 heterocycles. The summed E-state index contributed by atoms with van der Waals surface area (Å²) in [6, 6.07) is 9.61. The number of benzene rings is 1. The Balaban J connectivity index is 1.95. The van der Waals surface area contributed by atoms with E-state index in [1.807, 2.05) is 24.3 Å². The monoisotopic (exact) mass is 319 g/mol. The third-order valence-corrected chi connectivity index (χ3v) is 4.46. The molecule has 1 unspecified atom stereocenters. The molecule has 0 radical (unpaired) electrons. The van der Waals surface area contributed by atoms with E-state index in [1.165, 1.54) is 25.7 Å². The lowest BCUT2D eigenvalue weighted by molar-refractivity contribution is -0.119. The summed E-state index contributed by atoms with van der Waals surface area (Å²) in [7, 11) is 0. The molecular formula is C16H18BrNO. The van der Waals surface area contributed by atoms with Crippen LogP contribution in [0.5, 0.6) is 0 Å². The van der Waals surface area contributed by atoms with Gasteiger partial charge in [0, 0.05) is 10.9 Å². The Labute approximate surface area is 122 Å². The average Bonchev–Trinajstić information content (AvgIpc) is 2.92. The molecule has 1 atom stereocenters. The Morgan fingerprint density at radius 1 is 1.32 bits per heavy atom. The van der Waals surface area contributed by atoms with Crippen LogP contribution in [0.25, 0.3) is 0 Å². The lowest BCUT2D eigenvalue weighted by atomic mass is 9.91. The molecule has 0 aromatic heterocycles. The Kier molecular flexibility index (Phi) is 5.15. The van der Waals surface area contributed by atoms with E-state index in [1.54, 1.807) is 0 Å². The summed E-state index contributed by atoms with van der Waals surface area (Å²) in [6.45, 7) is 0. The van der Waals surface area contributed by atoms with Crippen LogP contribution in [0, 0.1) is 17.2 Å². The minimum atomic E-state index is -0.602. The number of halogens is 1. The van der Waals surface area contributed by atoms with Crippen molar-refractivity contribution in [3.63, 3.8) is 0 Å². The number of ketones is 1. The summed E-state index contributed by atoms with van der Waals surface area (Å²) in [5.74, 6) is 0.166. The van der Waals surface area contributed by atoms with E-state index >= 15 is 0 Å². The third kappa shape index (κ3) is 3.91. The van der Waals surface area contributed by atoms with E-state index < -0.39 is 5.92 Å². The number of hydrogen-bond acceptors (Lipinski definition) is 2. The van der Waals surface area contributed by atoms with Crippen LogP contribution in [-0.2, 0) is 4.79 Å². The number of carbonyl (C=O) groups is 1. The first-order valence-corrected chi connectivity index (χ1v) is 7.68. The van der Waals surface area contributed by atoms with Crippen molar-refractivity contribution < 1.29 is 4.79 Å². The van der Waals surface area contributed by atoms with Crippen LogP contribution in [0.3, 0.4) is 0 Å². The van der Waals surface area contributed by atoms with E-state index in [-0.39, 0.29) is 5.78 Å². The average molecular weight is 320 g/mol. The highest BCUT2D eigenvalue weighted by atomic mass is 79.9. The maximum absolute atomic E-state index is 12.2. The van der Waals surface area contributed by atoms with Crippen molar-refractivity contribution in [2.24, 2.45) is 5.92 Å². The molecule has 1 aromatic carbocycles. The van der Waals surface area contributed by atoms with Gasteiger partial charge in [-0.25, -0.2) is 0 Å². The lowest BCUT2D eigenvalue weighted by Gasteiger charge is -2.11. The number of hydrogen-bond donors (Lipinski definition) is 0. The number of nitriles is 1. The van der Waals surface area contributed by atoms with Gasteiger partial charge in [-0.3, -0.25) is 4.79 Å². The standard InChI is InChI=1S/C16H18BrNO/c17-14-8-6-13(7-9-14)15(11-18)16(19)10-5-12-3-1-2-4-12/h6-9,12,15H,1-5,10H2. The number of rotatable bonds is 5. The van der Waals surface area contributed by atoms with Crippen LogP contribution in [0.15, 0.2) is 28.7 Å². The van der Waals surface area contributed by atoms with Crippen LogP contribution >= 0.6 is 15.9 Å². The fourth-order valence-corrected chi connectivity index (χ4v) is 3.04. The molecule has 1 saturated carbocycles. The number of carbonyl (C=O) groups excluding carboxylic acids is 1. The minimum absolute atomic E-state index is 0.0664. The van der Waals surface area contributed by atoms with Crippen molar-refractivity contribution in [3.8, 4) is 6.07 Å². The second kappa shape index (κ2) is 6.86. The molecule has 1 fully saturated rings. The van der Waals surface area contributed by atoms with Gasteiger partial charge in [0.25, 0.3) is 0 Å². The molecule has 0 bridgehead atoms. The molecule has 1 aromatic rings. The highest BCUT2D eigenvalue weighted by Gasteiger charge is 2.22. The fraction of sp³-hybridized carbons (Fsp3) is 0.500. The van der Waals surface area contributed by atoms with Crippen LogP contribution in [0.1, 0.15) is 50.0 Å². The summed E-state index contributed by atoms with van der Waals surface area (Å²) in [5, 5.41) is 9.23.